The molecule has 14 heavy (non-hydrogen) atoms. The Morgan fingerprint density at radius 1 is 1.36 bits per heavy atom. The van der Waals surface area contributed by atoms with Gasteiger partial charge in [0.05, 0.1) is 8.07 Å². The molecule has 0 saturated heterocycles. The van der Waals surface area contributed by atoms with Crippen molar-refractivity contribution in [3.05, 3.63) is 29.3 Å². The molecule has 0 aliphatic carbocycles. The van der Waals surface area contributed by atoms with Gasteiger partial charge in [0.25, 0.3) is 0 Å². The summed E-state index contributed by atoms with van der Waals surface area (Å²) in [6, 6.07) is 5.71. The smallest absolute Gasteiger partial charge is 0.151 e. The molecule has 0 aliphatic rings. The standard InChI is InChI=1S/C12H14OSi/c1-5-11-10(9-13)7-6-8-12(11)14(2,3)4/h1,6-9H,2-4H3. The fourth-order valence-corrected chi connectivity index (χ4v) is 3.02. The van der Waals surface area contributed by atoms with Gasteiger partial charge in [0, 0.05) is 11.1 Å². The Morgan fingerprint density at radius 3 is 2.43 bits per heavy atom. The molecule has 0 aliphatic heterocycles. The third kappa shape index (κ3) is 1.94. The third-order valence-corrected chi connectivity index (χ3v) is 4.21. The van der Waals surface area contributed by atoms with Crippen molar-refractivity contribution in [2.24, 2.45) is 0 Å². The molecule has 0 heterocycles. The second-order valence-corrected chi connectivity index (χ2v) is 9.32. The Labute approximate surface area is 86.2 Å². The summed E-state index contributed by atoms with van der Waals surface area (Å²) in [7, 11) is -1.45. The van der Waals surface area contributed by atoms with Crippen LogP contribution in [0.1, 0.15) is 15.9 Å². The van der Waals surface area contributed by atoms with Crippen molar-refractivity contribution in [2.45, 2.75) is 19.6 Å². The van der Waals surface area contributed by atoms with E-state index in [4.69, 9.17) is 6.42 Å². The molecule has 1 aromatic rings. The fraction of sp³-hybridized carbons (Fsp3) is 0.250. The first-order valence-electron chi connectivity index (χ1n) is 4.56. The number of hydrogen-bond donors (Lipinski definition) is 0. The minimum atomic E-state index is -1.45. The minimum absolute atomic E-state index is 0.632. The number of rotatable bonds is 2. The molecule has 1 rings (SSSR count). The molecule has 2 heteroatoms. The highest BCUT2D eigenvalue weighted by Crippen LogP contribution is 2.09. The van der Waals surface area contributed by atoms with Gasteiger partial charge in [-0.05, 0) is 5.19 Å². The summed E-state index contributed by atoms with van der Waals surface area (Å²) >= 11 is 0. The molecule has 0 bridgehead atoms. The van der Waals surface area contributed by atoms with Crippen LogP contribution in [-0.4, -0.2) is 14.4 Å². The van der Waals surface area contributed by atoms with Gasteiger partial charge in [0.1, 0.15) is 0 Å². The molecule has 0 amide bonds. The van der Waals surface area contributed by atoms with Crippen LogP contribution in [0.4, 0.5) is 0 Å². The summed E-state index contributed by atoms with van der Waals surface area (Å²) in [6.07, 6.45) is 6.27. The average molecular weight is 202 g/mol. The van der Waals surface area contributed by atoms with Gasteiger partial charge in [-0.2, -0.15) is 0 Å². The molecule has 72 valence electrons. The van der Waals surface area contributed by atoms with E-state index in [1.54, 1.807) is 6.07 Å². The molecule has 0 spiro atoms. The van der Waals surface area contributed by atoms with E-state index in [-0.39, 0.29) is 0 Å². The van der Waals surface area contributed by atoms with E-state index in [9.17, 15) is 4.79 Å². The first-order valence-corrected chi connectivity index (χ1v) is 8.06. The summed E-state index contributed by atoms with van der Waals surface area (Å²) in [5, 5.41) is 1.18. The Kier molecular flexibility index (Phi) is 2.92. The van der Waals surface area contributed by atoms with E-state index in [0.717, 1.165) is 11.8 Å². The van der Waals surface area contributed by atoms with Crippen molar-refractivity contribution < 1.29 is 4.79 Å². The van der Waals surface area contributed by atoms with Crippen LogP contribution in [0, 0.1) is 12.3 Å². The number of terminal acetylenes is 1. The molecular formula is C12H14OSi. The third-order valence-electron chi connectivity index (χ3n) is 2.18. The molecule has 0 atom stereocenters. The van der Waals surface area contributed by atoms with Crippen molar-refractivity contribution in [1.82, 2.24) is 0 Å². The van der Waals surface area contributed by atoms with Gasteiger partial charge >= 0.3 is 0 Å². The van der Waals surface area contributed by atoms with Gasteiger partial charge in [0.15, 0.2) is 6.29 Å². The van der Waals surface area contributed by atoms with Crippen LogP contribution in [0.3, 0.4) is 0 Å². The second-order valence-electron chi connectivity index (χ2n) is 4.28. The van der Waals surface area contributed by atoms with Gasteiger partial charge in [-0.15, -0.1) is 6.42 Å². The Hall–Kier alpha value is -1.33. The highest BCUT2D eigenvalue weighted by Gasteiger charge is 2.20. The first kappa shape index (κ1) is 10.7. The number of hydrogen-bond acceptors (Lipinski definition) is 1. The van der Waals surface area contributed by atoms with E-state index < -0.39 is 8.07 Å². The van der Waals surface area contributed by atoms with Crippen LogP contribution in [-0.2, 0) is 0 Å². The van der Waals surface area contributed by atoms with Crippen LogP contribution in [0.15, 0.2) is 18.2 Å². The SMILES string of the molecule is C#Cc1c(C=O)cccc1[Si](C)(C)C. The van der Waals surface area contributed by atoms with E-state index in [1.807, 2.05) is 12.1 Å². The normalized spacial score (nSPS) is 10.7. The summed E-state index contributed by atoms with van der Waals surface area (Å²) in [5.74, 6) is 2.63. The first-order chi connectivity index (χ1) is 6.50. The van der Waals surface area contributed by atoms with Crippen LogP contribution >= 0.6 is 0 Å². The fourth-order valence-electron chi connectivity index (χ4n) is 1.45. The number of carbonyl (C=O) groups is 1. The molecule has 0 saturated carbocycles. The highest BCUT2D eigenvalue weighted by molar-refractivity contribution is 6.89. The van der Waals surface area contributed by atoms with Gasteiger partial charge in [0.2, 0.25) is 0 Å². The van der Waals surface area contributed by atoms with Crippen molar-refractivity contribution >= 4 is 19.5 Å². The highest BCUT2D eigenvalue weighted by atomic mass is 28.3. The van der Waals surface area contributed by atoms with Crippen molar-refractivity contribution in [1.29, 1.82) is 0 Å². The maximum Gasteiger partial charge on any atom is 0.151 e. The zero-order valence-corrected chi connectivity index (χ0v) is 9.79. The zero-order valence-electron chi connectivity index (χ0n) is 8.79. The minimum Gasteiger partial charge on any atom is -0.298 e. The Balaban J connectivity index is 3.47. The van der Waals surface area contributed by atoms with E-state index in [2.05, 4.69) is 25.6 Å². The lowest BCUT2D eigenvalue weighted by Gasteiger charge is -2.19. The van der Waals surface area contributed by atoms with E-state index >= 15 is 0 Å². The van der Waals surface area contributed by atoms with Crippen LogP contribution in [0.25, 0.3) is 0 Å². The predicted molar refractivity (Wildman–Crippen MR) is 62.7 cm³/mol. The van der Waals surface area contributed by atoms with Gasteiger partial charge in [-0.25, -0.2) is 0 Å². The van der Waals surface area contributed by atoms with E-state index in [1.165, 1.54) is 5.19 Å². The van der Waals surface area contributed by atoms with Crippen LogP contribution in [0.2, 0.25) is 19.6 Å². The molecule has 0 fully saturated rings. The Morgan fingerprint density at radius 2 is 2.00 bits per heavy atom. The maximum atomic E-state index is 10.8. The largest absolute Gasteiger partial charge is 0.298 e. The lowest BCUT2D eigenvalue weighted by Crippen LogP contribution is -2.40. The lowest BCUT2D eigenvalue weighted by atomic mass is 10.1. The molecule has 0 unspecified atom stereocenters. The molecule has 1 nitrogen and oxygen atoms in total. The van der Waals surface area contributed by atoms with E-state index in [0.29, 0.717) is 5.56 Å². The molecule has 0 N–H and O–H groups in total. The summed E-state index contributed by atoms with van der Waals surface area (Å²) in [4.78, 5) is 10.8. The monoisotopic (exact) mass is 202 g/mol. The summed E-state index contributed by atoms with van der Waals surface area (Å²) in [6.45, 7) is 6.66. The molecule has 1 aromatic carbocycles. The Bertz CT molecular complexity index is 394. The van der Waals surface area contributed by atoms with Gasteiger partial charge < -0.3 is 0 Å². The predicted octanol–water partition coefficient (Wildman–Crippen LogP) is 2.03. The zero-order chi connectivity index (χ0) is 10.8. The summed E-state index contributed by atoms with van der Waals surface area (Å²) in [5.41, 5.74) is 1.41. The second kappa shape index (κ2) is 3.81. The average Bonchev–Trinajstić information content (AvgIpc) is 2.15. The molecule has 0 radical (unpaired) electrons. The van der Waals surface area contributed by atoms with Gasteiger partial charge in [-0.1, -0.05) is 43.8 Å². The van der Waals surface area contributed by atoms with Gasteiger partial charge in [-0.3, -0.25) is 4.79 Å². The van der Waals surface area contributed by atoms with Crippen molar-refractivity contribution in [3.63, 3.8) is 0 Å². The van der Waals surface area contributed by atoms with Crippen molar-refractivity contribution in [2.75, 3.05) is 0 Å². The number of carbonyl (C=O) groups excluding carboxylic acids is 1. The maximum absolute atomic E-state index is 10.8. The summed E-state index contributed by atoms with van der Waals surface area (Å²) < 4.78 is 0. The quantitative estimate of drug-likeness (QED) is 0.407. The van der Waals surface area contributed by atoms with Crippen LogP contribution < -0.4 is 5.19 Å². The van der Waals surface area contributed by atoms with Crippen molar-refractivity contribution in [3.8, 4) is 12.3 Å². The topological polar surface area (TPSA) is 17.1 Å². The molecule has 0 aromatic heterocycles. The number of benzene rings is 1. The lowest BCUT2D eigenvalue weighted by molar-refractivity contribution is 0.112. The molecular weight excluding hydrogens is 188 g/mol. The number of aldehydes is 1. The van der Waals surface area contributed by atoms with Crippen LogP contribution in [0.5, 0.6) is 0 Å².